The first-order chi connectivity index (χ1) is 6.65. The van der Waals surface area contributed by atoms with Gasteiger partial charge in [0, 0.05) is 0 Å². The van der Waals surface area contributed by atoms with Gasteiger partial charge in [-0.1, -0.05) is 0 Å². The number of nitrogens with two attached hydrogens (primary N) is 1. The average molecular weight is 192 g/mol. The molecule has 0 radical (unpaired) electrons. The molecule has 0 saturated heterocycles. The Labute approximate surface area is 79.0 Å². The molecule has 2 rings (SSSR count). The quantitative estimate of drug-likeness (QED) is 0.695. The van der Waals surface area contributed by atoms with Crippen molar-refractivity contribution in [1.82, 2.24) is 14.6 Å². The maximum Gasteiger partial charge on any atom is 0.311 e. The average Bonchev–Trinajstić information content (AvgIpc) is 2.44. The summed E-state index contributed by atoms with van der Waals surface area (Å²) in [7, 11) is 0. The zero-order chi connectivity index (χ0) is 10.1. The van der Waals surface area contributed by atoms with Crippen molar-refractivity contribution >= 4 is 17.3 Å². The predicted octanol–water partition coefficient (Wildman–Crippen LogP) is -0.0614. The van der Waals surface area contributed by atoms with Crippen molar-refractivity contribution in [3.05, 3.63) is 24.2 Å². The molecule has 0 aromatic carbocycles. The largest absolute Gasteiger partial charge is 0.481 e. The van der Waals surface area contributed by atoms with Crippen LogP contribution in [0.3, 0.4) is 0 Å². The van der Waals surface area contributed by atoms with Gasteiger partial charge in [0.1, 0.15) is 6.42 Å². The Balaban J connectivity index is 2.46. The first-order valence-electron chi connectivity index (χ1n) is 3.98. The lowest BCUT2D eigenvalue weighted by molar-refractivity contribution is -0.136. The third-order valence-electron chi connectivity index (χ3n) is 1.71. The van der Waals surface area contributed by atoms with Crippen LogP contribution in [0.4, 0.5) is 5.69 Å². The summed E-state index contributed by atoms with van der Waals surface area (Å²) in [6.07, 6.45) is 1.41. The van der Waals surface area contributed by atoms with Crippen molar-refractivity contribution in [2.75, 3.05) is 5.73 Å². The van der Waals surface area contributed by atoms with Gasteiger partial charge < -0.3 is 10.8 Å². The molecule has 0 aliphatic heterocycles. The van der Waals surface area contributed by atoms with Crippen LogP contribution in [-0.2, 0) is 11.2 Å². The van der Waals surface area contributed by atoms with Crippen LogP contribution in [0.2, 0.25) is 0 Å². The first-order valence-corrected chi connectivity index (χ1v) is 3.98. The van der Waals surface area contributed by atoms with E-state index in [1.807, 2.05) is 0 Å². The van der Waals surface area contributed by atoms with Gasteiger partial charge in [0.25, 0.3) is 0 Å². The molecule has 0 saturated carbocycles. The Bertz CT molecular complexity index is 491. The fourth-order valence-electron chi connectivity index (χ4n) is 1.16. The second-order valence-electron chi connectivity index (χ2n) is 2.86. The number of nitrogens with zero attached hydrogens (tertiary/aromatic N) is 3. The molecule has 0 aliphatic rings. The van der Waals surface area contributed by atoms with Crippen molar-refractivity contribution < 1.29 is 9.90 Å². The molecule has 2 aromatic rings. The van der Waals surface area contributed by atoms with Gasteiger partial charge in [0.05, 0.1) is 11.9 Å². The predicted molar refractivity (Wildman–Crippen MR) is 48.7 cm³/mol. The minimum Gasteiger partial charge on any atom is -0.481 e. The van der Waals surface area contributed by atoms with Crippen molar-refractivity contribution in [2.45, 2.75) is 6.42 Å². The molecule has 3 N–H and O–H groups in total. The fourth-order valence-corrected chi connectivity index (χ4v) is 1.16. The molecular weight excluding hydrogens is 184 g/mol. The van der Waals surface area contributed by atoms with Gasteiger partial charge in [0.15, 0.2) is 11.5 Å². The summed E-state index contributed by atoms with van der Waals surface area (Å²) < 4.78 is 1.47. The van der Waals surface area contributed by atoms with Crippen LogP contribution in [0, 0.1) is 0 Å². The third-order valence-corrected chi connectivity index (χ3v) is 1.71. The highest BCUT2D eigenvalue weighted by Crippen LogP contribution is 2.06. The van der Waals surface area contributed by atoms with Gasteiger partial charge in [-0.2, -0.15) is 5.10 Å². The van der Waals surface area contributed by atoms with Crippen molar-refractivity contribution in [3.8, 4) is 0 Å². The van der Waals surface area contributed by atoms with E-state index in [4.69, 9.17) is 10.8 Å². The van der Waals surface area contributed by atoms with Crippen LogP contribution in [0.1, 0.15) is 5.82 Å². The van der Waals surface area contributed by atoms with E-state index in [0.717, 1.165) is 0 Å². The highest BCUT2D eigenvalue weighted by atomic mass is 16.4. The van der Waals surface area contributed by atoms with E-state index in [9.17, 15) is 4.79 Å². The second kappa shape index (κ2) is 2.99. The molecule has 6 heteroatoms. The summed E-state index contributed by atoms with van der Waals surface area (Å²) in [5.74, 6) is -0.669. The first kappa shape index (κ1) is 8.49. The van der Waals surface area contributed by atoms with Gasteiger partial charge in [-0.05, 0) is 12.1 Å². The van der Waals surface area contributed by atoms with Crippen LogP contribution in [0.5, 0.6) is 0 Å². The van der Waals surface area contributed by atoms with E-state index >= 15 is 0 Å². The number of fused-ring (bicyclic) bond motifs is 1. The van der Waals surface area contributed by atoms with Crippen molar-refractivity contribution in [3.63, 3.8) is 0 Å². The van der Waals surface area contributed by atoms with Gasteiger partial charge in [-0.15, -0.1) is 0 Å². The number of rotatable bonds is 2. The molecule has 72 valence electrons. The summed E-state index contributed by atoms with van der Waals surface area (Å²) in [4.78, 5) is 14.4. The number of nitrogen functional groups attached to an aromatic ring is 1. The Morgan fingerprint density at radius 2 is 2.36 bits per heavy atom. The zero-order valence-electron chi connectivity index (χ0n) is 7.21. The topological polar surface area (TPSA) is 93.5 Å². The molecule has 0 aliphatic carbocycles. The lowest BCUT2D eigenvalue weighted by Crippen LogP contribution is -2.02. The Morgan fingerprint density at radius 3 is 3.07 bits per heavy atom. The number of carbonyl (C=O) groups is 1. The van der Waals surface area contributed by atoms with E-state index in [-0.39, 0.29) is 12.2 Å². The third kappa shape index (κ3) is 1.49. The molecule has 0 bridgehead atoms. The van der Waals surface area contributed by atoms with E-state index in [2.05, 4.69) is 10.1 Å². The maximum atomic E-state index is 10.4. The van der Waals surface area contributed by atoms with Crippen LogP contribution < -0.4 is 5.73 Å². The molecule has 6 nitrogen and oxygen atoms in total. The molecule has 0 amide bonds. The zero-order valence-corrected chi connectivity index (χ0v) is 7.21. The number of pyridine rings is 1. The lowest BCUT2D eigenvalue weighted by atomic mass is 10.4. The van der Waals surface area contributed by atoms with E-state index in [1.54, 1.807) is 18.3 Å². The highest BCUT2D eigenvalue weighted by molar-refractivity contribution is 5.69. The highest BCUT2D eigenvalue weighted by Gasteiger charge is 2.07. The van der Waals surface area contributed by atoms with Gasteiger partial charge in [0.2, 0.25) is 0 Å². The summed E-state index contributed by atoms with van der Waals surface area (Å²) in [5.41, 5.74) is 6.68. The standard InChI is InChI=1S/C8H8N4O2/c9-5-1-2-7-10-6(3-8(13)14)11-12(7)4-5/h1-2,4H,3,9H2,(H,13,14). The maximum absolute atomic E-state index is 10.4. The van der Waals surface area contributed by atoms with Gasteiger partial charge in [-0.25, -0.2) is 9.50 Å². The summed E-state index contributed by atoms with van der Waals surface area (Å²) >= 11 is 0. The molecule has 0 spiro atoms. The van der Waals surface area contributed by atoms with E-state index in [1.165, 1.54) is 4.52 Å². The Kier molecular flexibility index (Phi) is 1.81. The SMILES string of the molecule is Nc1ccc2nc(CC(=O)O)nn2c1. The minimum absolute atomic E-state index is 0.179. The number of carboxylic acids is 1. The number of carboxylic acid groups (broad SMARTS) is 1. The van der Waals surface area contributed by atoms with E-state index < -0.39 is 5.97 Å². The Morgan fingerprint density at radius 1 is 1.57 bits per heavy atom. The molecule has 0 unspecified atom stereocenters. The van der Waals surface area contributed by atoms with Gasteiger partial charge in [-0.3, -0.25) is 4.79 Å². The second-order valence-corrected chi connectivity index (χ2v) is 2.86. The lowest BCUT2D eigenvalue weighted by Gasteiger charge is -1.91. The number of hydrogen-bond acceptors (Lipinski definition) is 4. The summed E-state index contributed by atoms with van der Waals surface area (Å²) in [5, 5.41) is 12.5. The molecule has 2 aromatic heterocycles. The van der Waals surface area contributed by atoms with Crippen LogP contribution in [0.15, 0.2) is 18.3 Å². The molecule has 0 atom stereocenters. The minimum atomic E-state index is -0.950. The van der Waals surface area contributed by atoms with Gasteiger partial charge >= 0.3 is 5.97 Å². The van der Waals surface area contributed by atoms with Crippen molar-refractivity contribution in [1.29, 1.82) is 0 Å². The van der Waals surface area contributed by atoms with E-state index in [0.29, 0.717) is 11.3 Å². The Hall–Kier alpha value is -2.11. The van der Waals surface area contributed by atoms with Crippen LogP contribution in [0.25, 0.3) is 5.65 Å². The molecule has 2 heterocycles. The molecule has 0 fully saturated rings. The van der Waals surface area contributed by atoms with Crippen molar-refractivity contribution in [2.24, 2.45) is 0 Å². The number of aromatic nitrogens is 3. The molecule has 14 heavy (non-hydrogen) atoms. The summed E-state index contributed by atoms with van der Waals surface area (Å²) in [6, 6.07) is 3.38. The monoisotopic (exact) mass is 192 g/mol. The molecular formula is C8H8N4O2. The van der Waals surface area contributed by atoms with Crippen LogP contribution >= 0.6 is 0 Å². The smallest absolute Gasteiger partial charge is 0.311 e. The summed E-state index contributed by atoms with van der Waals surface area (Å²) in [6.45, 7) is 0. The normalized spacial score (nSPS) is 10.6. The number of hydrogen-bond donors (Lipinski definition) is 2. The number of aliphatic carboxylic acids is 1. The number of anilines is 1. The van der Waals surface area contributed by atoms with Crippen LogP contribution in [-0.4, -0.2) is 25.7 Å². The fraction of sp³-hybridized carbons (Fsp3) is 0.125.